The Labute approximate surface area is 241 Å². The molecule has 1 fully saturated rings. The number of anilines is 2. The molecule has 41 heavy (non-hydrogen) atoms. The van der Waals surface area contributed by atoms with Gasteiger partial charge in [0.15, 0.2) is 5.13 Å². The van der Waals surface area contributed by atoms with Gasteiger partial charge in [-0.2, -0.15) is 5.10 Å². The maximum absolute atomic E-state index is 11.8. The quantitative estimate of drug-likeness (QED) is 0.327. The van der Waals surface area contributed by atoms with Gasteiger partial charge in [-0.1, -0.05) is 11.3 Å². The lowest BCUT2D eigenvalue weighted by Crippen LogP contribution is -2.46. The van der Waals surface area contributed by atoms with Gasteiger partial charge in [0, 0.05) is 87.8 Å². The molecular weight excluding hydrogens is 534 g/mol. The Morgan fingerprint density at radius 1 is 1.00 bits per heavy atom. The monoisotopic (exact) mass is 563 g/mol. The molecule has 5 aromatic rings. The van der Waals surface area contributed by atoms with Crippen LogP contribution in [-0.4, -0.2) is 66.7 Å². The second kappa shape index (κ2) is 10.8. The molecule has 1 aliphatic carbocycles. The maximum Gasteiger partial charge on any atom is 0.223 e. The van der Waals surface area contributed by atoms with Crippen LogP contribution < -0.4 is 10.2 Å². The van der Waals surface area contributed by atoms with E-state index in [9.17, 15) is 4.79 Å². The number of amides is 1. The minimum atomic E-state index is -0.125. The summed E-state index contributed by atoms with van der Waals surface area (Å²) in [5, 5.41) is 8.64. The molecule has 1 amide bonds. The molecule has 0 atom stereocenters. The van der Waals surface area contributed by atoms with Crippen molar-refractivity contribution in [3.63, 3.8) is 0 Å². The van der Waals surface area contributed by atoms with Gasteiger partial charge < -0.3 is 10.2 Å². The predicted molar refractivity (Wildman–Crippen MR) is 159 cm³/mol. The molecule has 0 radical (unpaired) electrons. The number of hydrogen-bond acceptors (Lipinski definition) is 9. The molecule has 0 aromatic carbocycles. The molecule has 6 heterocycles. The van der Waals surface area contributed by atoms with Crippen LogP contribution in [0.4, 0.5) is 10.9 Å². The van der Waals surface area contributed by atoms with Gasteiger partial charge in [-0.15, -0.1) is 0 Å². The van der Waals surface area contributed by atoms with E-state index >= 15 is 0 Å². The van der Waals surface area contributed by atoms with E-state index in [1.165, 1.54) is 29.4 Å². The summed E-state index contributed by atoms with van der Waals surface area (Å²) in [6.45, 7) is 6.17. The Hall–Kier alpha value is -4.48. The summed E-state index contributed by atoms with van der Waals surface area (Å²) in [5.41, 5.74) is 7.33. The van der Waals surface area contributed by atoms with Crippen molar-refractivity contribution in [1.29, 1.82) is 0 Å². The summed E-state index contributed by atoms with van der Waals surface area (Å²) in [6.07, 6.45) is 10.8. The Kier molecular flexibility index (Phi) is 6.73. The van der Waals surface area contributed by atoms with Gasteiger partial charge in [0.2, 0.25) is 5.91 Å². The number of carbonyl (C=O) groups excluding carboxylic acids is 1. The number of carbonyl (C=O) groups is 1. The largest absolute Gasteiger partial charge is 0.354 e. The van der Waals surface area contributed by atoms with E-state index in [4.69, 9.17) is 15.1 Å². The van der Waals surface area contributed by atoms with E-state index in [2.05, 4.69) is 43.3 Å². The number of pyridine rings is 3. The number of aromatic nitrogens is 6. The van der Waals surface area contributed by atoms with E-state index in [0.717, 1.165) is 84.6 Å². The number of aryl methyl sites for hydroxylation is 1. The van der Waals surface area contributed by atoms with Crippen LogP contribution in [0, 0.1) is 0 Å². The van der Waals surface area contributed by atoms with E-state index in [-0.39, 0.29) is 5.91 Å². The summed E-state index contributed by atoms with van der Waals surface area (Å²) in [5.74, 6) is 0.818. The molecule has 10 nitrogen and oxygen atoms in total. The van der Waals surface area contributed by atoms with Crippen molar-refractivity contribution < 1.29 is 4.79 Å². The third-order valence-corrected chi connectivity index (χ3v) is 8.57. The molecule has 0 spiro atoms. The van der Waals surface area contributed by atoms with Crippen LogP contribution in [0.1, 0.15) is 23.7 Å². The van der Waals surface area contributed by atoms with Gasteiger partial charge in [0.05, 0.1) is 27.6 Å². The smallest absolute Gasteiger partial charge is 0.223 e. The zero-order valence-corrected chi connectivity index (χ0v) is 23.5. The summed E-state index contributed by atoms with van der Waals surface area (Å²) >= 11 is 1.50. The molecule has 7 rings (SSSR count). The van der Waals surface area contributed by atoms with Gasteiger partial charge in [0.25, 0.3) is 0 Å². The Bertz CT molecular complexity index is 1690. The van der Waals surface area contributed by atoms with Crippen molar-refractivity contribution in [3.05, 3.63) is 84.2 Å². The summed E-state index contributed by atoms with van der Waals surface area (Å²) in [4.78, 5) is 35.6. The number of thiazole rings is 1. The van der Waals surface area contributed by atoms with Gasteiger partial charge >= 0.3 is 0 Å². The lowest BCUT2D eigenvalue weighted by atomic mass is 9.95. The lowest BCUT2D eigenvalue weighted by molar-refractivity contribution is -0.114. The molecule has 0 unspecified atom stereocenters. The Balaban J connectivity index is 1.22. The Morgan fingerprint density at radius 3 is 2.63 bits per heavy atom. The van der Waals surface area contributed by atoms with Gasteiger partial charge in [0.1, 0.15) is 5.82 Å². The number of piperazine rings is 1. The molecule has 1 aliphatic heterocycles. The summed E-state index contributed by atoms with van der Waals surface area (Å²) < 4.78 is 2.02. The minimum absolute atomic E-state index is 0.125. The molecule has 5 aromatic heterocycles. The highest BCUT2D eigenvalue weighted by Crippen LogP contribution is 2.44. The number of rotatable bonds is 6. The molecular formula is C30H29N9OS. The van der Waals surface area contributed by atoms with Gasteiger partial charge in [-0.3, -0.25) is 19.7 Å². The van der Waals surface area contributed by atoms with Crippen LogP contribution in [0.3, 0.4) is 0 Å². The van der Waals surface area contributed by atoms with Crippen molar-refractivity contribution >= 4 is 28.2 Å². The molecule has 1 N–H and O–H groups in total. The van der Waals surface area contributed by atoms with Crippen molar-refractivity contribution in [2.75, 3.05) is 36.4 Å². The normalized spacial score (nSPS) is 14.9. The molecule has 206 valence electrons. The number of hydrogen-bond donors (Lipinski definition) is 1. The molecule has 11 heteroatoms. The average molecular weight is 564 g/mol. The fourth-order valence-electron chi connectivity index (χ4n) is 5.59. The standard InChI is InChI=1S/C30H29N9OS/c1-20(40)34-30-35-25-5-4-24-27(22-3-2-9-32-18-22)36-39(28(24)29(25)41-30)23-8-12-33-26(17-23)38-15-13-37(14-16-38)19-21-6-10-31-11-7-21/h2-3,6-12,17-18H,4-5,13-16,19H2,1H3,(H,34,35,40). The number of fused-ring (bicyclic) bond motifs is 3. The summed E-state index contributed by atoms with van der Waals surface area (Å²) in [6, 6.07) is 12.3. The first kappa shape index (κ1) is 25.5. The van der Waals surface area contributed by atoms with Crippen LogP contribution in [0.25, 0.3) is 27.5 Å². The SMILES string of the molecule is CC(=O)Nc1nc2c(s1)-c1c(c(-c3cccnc3)nn1-c1ccnc(N3CCN(Cc4ccncc4)CC3)c1)CC2. The Morgan fingerprint density at radius 2 is 1.85 bits per heavy atom. The fourth-order valence-corrected chi connectivity index (χ4v) is 6.71. The topological polar surface area (TPSA) is 105 Å². The summed E-state index contributed by atoms with van der Waals surface area (Å²) in [7, 11) is 0. The zero-order chi connectivity index (χ0) is 27.8. The van der Waals surface area contributed by atoms with Crippen molar-refractivity contribution in [2.45, 2.75) is 26.3 Å². The predicted octanol–water partition coefficient (Wildman–Crippen LogP) is 4.23. The molecule has 2 aliphatic rings. The van der Waals surface area contributed by atoms with Gasteiger partial charge in [-0.25, -0.2) is 14.6 Å². The zero-order valence-electron chi connectivity index (χ0n) is 22.7. The number of nitrogens with one attached hydrogen (secondary N) is 1. The molecule has 0 bridgehead atoms. The van der Waals surface area contributed by atoms with Crippen LogP contribution in [0.2, 0.25) is 0 Å². The van der Waals surface area contributed by atoms with Crippen molar-refractivity contribution in [1.82, 2.24) is 34.6 Å². The van der Waals surface area contributed by atoms with Crippen LogP contribution in [-0.2, 0) is 24.2 Å². The third kappa shape index (κ3) is 5.09. The fraction of sp³-hybridized carbons (Fsp3) is 0.267. The van der Waals surface area contributed by atoms with Gasteiger partial charge in [-0.05, 0) is 48.7 Å². The number of nitrogens with zero attached hydrogens (tertiary/aromatic N) is 8. The van der Waals surface area contributed by atoms with Crippen LogP contribution in [0.5, 0.6) is 0 Å². The highest BCUT2D eigenvalue weighted by molar-refractivity contribution is 7.19. The van der Waals surface area contributed by atoms with E-state index in [1.807, 2.05) is 47.7 Å². The minimum Gasteiger partial charge on any atom is -0.354 e. The second-order valence-electron chi connectivity index (χ2n) is 10.3. The lowest BCUT2D eigenvalue weighted by Gasteiger charge is -2.35. The average Bonchev–Trinajstić information content (AvgIpc) is 3.59. The first-order chi connectivity index (χ1) is 20.1. The first-order valence-corrected chi connectivity index (χ1v) is 14.6. The second-order valence-corrected chi connectivity index (χ2v) is 11.3. The van der Waals surface area contributed by atoms with Crippen LogP contribution >= 0.6 is 11.3 Å². The molecule has 1 saturated heterocycles. The van der Waals surface area contributed by atoms with E-state index in [0.29, 0.717) is 5.13 Å². The molecule has 0 saturated carbocycles. The van der Waals surface area contributed by atoms with E-state index < -0.39 is 0 Å². The van der Waals surface area contributed by atoms with Crippen molar-refractivity contribution in [2.24, 2.45) is 0 Å². The highest BCUT2D eigenvalue weighted by atomic mass is 32.1. The highest BCUT2D eigenvalue weighted by Gasteiger charge is 2.30. The van der Waals surface area contributed by atoms with Crippen molar-refractivity contribution in [3.8, 4) is 27.5 Å². The third-order valence-electron chi connectivity index (χ3n) is 7.55. The van der Waals surface area contributed by atoms with Crippen LogP contribution in [0.15, 0.2) is 67.4 Å². The van der Waals surface area contributed by atoms with E-state index in [1.54, 1.807) is 6.20 Å². The first-order valence-electron chi connectivity index (χ1n) is 13.7. The maximum atomic E-state index is 11.8.